The number of carboxylic acid groups (broad SMARTS) is 1. The summed E-state index contributed by atoms with van der Waals surface area (Å²) >= 11 is 0. The number of hydrogen-bond donors (Lipinski definition) is 1. The molecule has 21 heavy (non-hydrogen) atoms. The molecule has 0 fully saturated rings. The van der Waals surface area contributed by atoms with Gasteiger partial charge in [-0.2, -0.15) is 5.10 Å². The van der Waals surface area contributed by atoms with Gasteiger partial charge in [0.05, 0.1) is 22.8 Å². The zero-order valence-corrected chi connectivity index (χ0v) is 12.6. The third-order valence-corrected chi connectivity index (χ3v) is 5.07. The van der Waals surface area contributed by atoms with E-state index in [0.717, 1.165) is 0 Å². The minimum absolute atomic E-state index is 0.0123. The van der Waals surface area contributed by atoms with E-state index in [-0.39, 0.29) is 22.8 Å². The van der Waals surface area contributed by atoms with E-state index in [1.165, 1.54) is 10.7 Å². The first kappa shape index (κ1) is 15.2. The van der Waals surface area contributed by atoms with Gasteiger partial charge in [0.15, 0.2) is 9.84 Å². The molecule has 0 atom stereocenters. The lowest BCUT2D eigenvalue weighted by Gasteiger charge is -2.11. The highest BCUT2D eigenvalue weighted by molar-refractivity contribution is 7.91. The highest BCUT2D eigenvalue weighted by atomic mass is 32.2. The van der Waals surface area contributed by atoms with E-state index in [1.54, 1.807) is 38.4 Å². The van der Waals surface area contributed by atoms with Gasteiger partial charge in [-0.05, 0) is 37.1 Å². The van der Waals surface area contributed by atoms with Crippen molar-refractivity contribution in [3.05, 3.63) is 47.3 Å². The molecule has 7 heteroatoms. The van der Waals surface area contributed by atoms with E-state index >= 15 is 0 Å². The van der Waals surface area contributed by atoms with Gasteiger partial charge in [0.1, 0.15) is 0 Å². The molecule has 6 nitrogen and oxygen atoms in total. The van der Waals surface area contributed by atoms with Crippen LogP contribution in [0.25, 0.3) is 0 Å². The zero-order valence-electron chi connectivity index (χ0n) is 11.8. The number of carboxylic acids is 1. The molecule has 1 N–H and O–H groups in total. The Morgan fingerprint density at radius 2 is 2.00 bits per heavy atom. The molecule has 0 amide bonds. The monoisotopic (exact) mass is 308 g/mol. The van der Waals surface area contributed by atoms with Gasteiger partial charge >= 0.3 is 5.97 Å². The van der Waals surface area contributed by atoms with Crippen LogP contribution in [0.2, 0.25) is 0 Å². The summed E-state index contributed by atoms with van der Waals surface area (Å²) in [5.74, 6) is -1.26. The Balaban J connectivity index is 2.35. The average Bonchev–Trinajstić information content (AvgIpc) is 2.88. The van der Waals surface area contributed by atoms with Crippen molar-refractivity contribution in [2.45, 2.75) is 25.3 Å². The smallest absolute Gasteiger partial charge is 0.335 e. The number of rotatable bonds is 5. The van der Waals surface area contributed by atoms with E-state index in [2.05, 4.69) is 5.10 Å². The van der Waals surface area contributed by atoms with E-state index in [4.69, 9.17) is 5.11 Å². The predicted molar refractivity (Wildman–Crippen MR) is 77.2 cm³/mol. The van der Waals surface area contributed by atoms with Crippen LogP contribution in [-0.4, -0.2) is 35.0 Å². The first-order chi connectivity index (χ1) is 9.81. The molecule has 1 aromatic carbocycles. The highest BCUT2D eigenvalue weighted by Crippen LogP contribution is 2.22. The molecule has 0 bridgehead atoms. The number of carbonyl (C=O) groups is 1. The molecule has 0 aliphatic carbocycles. The fourth-order valence-corrected chi connectivity index (χ4v) is 3.65. The van der Waals surface area contributed by atoms with Crippen LogP contribution in [-0.2, 0) is 16.4 Å². The number of sulfone groups is 1. The lowest BCUT2D eigenvalue weighted by Crippen LogP contribution is -2.15. The summed E-state index contributed by atoms with van der Waals surface area (Å²) in [6, 6.07) is 4.54. The Labute approximate surface area is 123 Å². The van der Waals surface area contributed by atoms with Crippen molar-refractivity contribution in [2.75, 3.05) is 5.75 Å². The van der Waals surface area contributed by atoms with Gasteiger partial charge in [0.25, 0.3) is 0 Å². The second-order valence-corrected chi connectivity index (χ2v) is 6.90. The van der Waals surface area contributed by atoms with E-state index in [1.807, 2.05) is 0 Å². The Hall–Kier alpha value is -2.15. The normalized spacial score (nSPS) is 11.5. The van der Waals surface area contributed by atoms with Gasteiger partial charge in [-0.1, -0.05) is 6.07 Å². The van der Waals surface area contributed by atoms with Crippen LogP contribution in [0.3, 0.4) is 0 Å². The molecule has 0 radical (unpaired) electrons. The van der Waals surface area contributed by atoms with Gasteiger partial charge in [-0.15, -0.1) is 0 Å². The van der Waals surface area contributed by atoms with Crippen molar-refractivity contribution in [3.8, 4) is 0 Å². The number of hydrogen-bond acceptors (Lipinski definition) is 4. The molecule has 0 saturated heterocycles. The molecule has 1 aromatic heterocycles. The summed E-state index contributed by atoms with van der Waals surface area (Å²) in [6.07, 6.45) is 3.26. The molecule has 112 valence electrons. The van der Waals surface area contributed by atoms with Crippen LogP contribution < -0.4 is 0 Å². The van der Waals surface area contributed by atoms with E-state index in [9.17, 15) is 13.2 Å². The third kappa shape index (κ3) is 3.30. The highest BCUT2D eigenvalue weighted by Gasteiger charge is 2.20. The SMILES string of the molecule is Cc1cc(C)c(S(=O)(=O)CCn2cccn2)cc1C(=O)O. The summed E-state index contributed by atoms with van der Waals surface area (Å²) in [6.45, 7) is 3.54. The van der Waals surface area contributed by atoms with Crippen molar-refractivity contribution in [2.24, 2.45) is 0 Å². The van der Waals surface area contributed by atoms with Gasteiger partial charge in [-0.25, -0.2) is 13.2 Å². The molecule has 0 aliphatic heterocycles. The molecule has 0 unspecified atom stereocenters. The number of benzene rings is 1. The first-order valence-corrected chi connectivity index (χ1v) is 8.01. The number of aryl methyl sites for hydroxylation is 3. The van der Waals surface area contributed by atoms with Crippen molar-refractivity contribution >= 4 is 15.8 Å². The summed E-state index contributed by atoms with van der Waals surface area (Å²) in [5, 5.41) is 13.1. The summed E-state index contributed by atoms with van der Waals surface area (Å²) in [5.41, 5.74) is 1.11. The van der Waals surface area contributed by atoms with Gasteiger partial charge in [-0.3, -0.25) is 4.68 Å². The molecule has 0 saturated carbocycles. The largest absolute Gasteiger partial charge is 0.478 e. The van der Waals surface area contributed by atoms with Crippen LogP contribution in [0.1, 0.15) is 21.5 Å². The fourth-order valence-electron chi connectivity index (χ4n) is 2.15. The average molecular weight is 308 g/mol. The van der Waals surface area contributed by atoms with Crippen molar-refractivity contribution in [3.63, 3.8) is 0 Å². The lowest BCUT2D eigenvalue weighted by molar-refractivity contribution is 0.0696. The second-order valence-electron chi connectivity index (χ2n) is 4.83. The van der Waals surface area contributed by atoms with Crippen LogP contribution >= 0.6 is 0 Å². The first-order valence-electron chi connectivity index (χ1n) is 6.36. The number of nitrogens with zero attached hydrogens (tertiary/aromatic N) is 2. The quantitative estimate of drug-likeness (QED) is 0.907. The van der Waals surface area contributed by atoms with Crippen LogP contribution in [0, 0.1) is 13.8 Å². The van der Waals surface area contributed by atoms with Crippen molar-refractivity contribution in [1.82, 2.24) is 9.78 Å². The standard InChI is InChI=1S/C14H16N2O4S/c1-10-8-11(2)13(9-12(10)14(17)18)21(19,20)7-6-16-5-3-4-15-16/h3-5,8-9H,6-7H2,1-2H3,(H,17,18). The molecule has 2 rings (SSSR count). The Morgan fingerprint density at radius 1 is 1.29 bits per heavy atom. The van der Waals surface area contributed by atoms with Crippen molar-refractivity contribution in [1.29, 1.82) is 0 Å². The van der Waals surface area contributed by atoms with Gasteiger partial charge in [0.2, 0.25) is 0 Å². The number of aromatic carboxylic acids is 1. The maximum Gasteiger partial charge on any atom is 0.335 e. The summed E-state index contributed by atoms with van der Waals surface area (Å²) < 4.78 is 26.3. The Kier molecular flexibility index (Phi) is 4.13. The predicted octanol–water partition coefficient (Wildman–Crippen LogP) is 1.67. The van der Waals surface area contributed by atoms with Gasteiger partial charge in [0, 0.05) is 12.4 Å². The van der Waals surface area contributed by atoms with Crippen LogP contribution in [0.5, 0.6) is 0 Å². The Bertz CT molecular complexity index is 765. The molecule has 0 aliphatic rings. The van der Waals surface area contributed by atoms with Crippen molar-refractivity contribution < 1.29 is 18.3 Å². The molecule has 0 spiro atoms. The van der Waals surface area contributed by atoms with E-state index in [0.29, 0.717) is 11.1 Å². The van der Waals surface area contributed by atoms with E-state index < -0.39 is 15.8 Å². The summed E-state index contributed by atoms with van der Waals surface area (Å²) in [7, 11) is -3.56. The van der Waals surface area contributed by atoms with Gasteiger partial charge < -0.3 is 5.11 Å². The maximum atomic E-state index is 12.4. The molecular formula is C14H16N2O4S. The van der Waals surface area contributed by atoms with Crippen LogP contribution in [0.4, 0.5) is 0 Å². The maximum absolute atomic E-state index is 12.4. The lowest BCUT2D eigenvalue weighted by atomic mass is 10.1. The number of aromatic nitrogens is 2. The Morgan fingerprint density at radius 3 is 2.57 bits per heavy atom. The van der Waals surface area contributed by atoms with Crippen LogP contribution in [0.15, 0.2) is 35.5 Å². The third-order valence-electron chi connectivity index (χ3n) is 3.24. The summed E-state index contributed by atoms with van der Waals surface area (Å²) in [4.78, 5) is 11.2. The minimum Gasteiger partial charge on any atom is -0.478 e. The molecule has 1 heterocycles. The minimum atomic E-state index is -3.56. The molecular weight excluding hydrogens is 292 g/mol. The fraction of sp³-hybridized carbons (Fsp3) is 0.286. The molecule has 2 aromatic rings. The zero-order chi connectivity index (χ0) is 15.6. The second kappa shape index (κ2) is 5.69. The topological polar surface area (TPSA) is 89.3 Å².